The average molecular weight is 407 g/mol. The molecule has 1 amide bonds. The molecular formula is C19H16F3N3O4. The Morgan fingerprint density at radius 2 is 1.86 bits per heavy atom. The van der Waals surface area contributed by atoms with Crippen LogP contribution < -0.4 is 19.5 Å². The van der Waals surface area contributed by atoms with Crippen LogP contribution in [-0.2, 0) is 6.73 Å². The van der Waals surface area contributed by atoms with Crippen LogP contribution in [0.2, 0.25) is 0 Å². The van der Waals surface area contributed by atoms with Crippen LogP contribution in [0.25, 0.3) is 0 Å². The molecule has 0 unspecified atom stereocenters. The molecule has 10 heteroatoms. The molecule has 0 aliphatic heterocycles. The summed E-state index contributed by atoms with van der Waals surface area (Å²) in [5, 5.41) is 6.42. The fraction of sp³-hybridized carbons (Fsp3) is 0.158. The van der Waals surface area contributed by atoms with Gasteiger partial charge in [0.1, 0.15) is 17.3 Å². The maximum atomic E-state index is 13.3. The van der Waals surface area contributed by atoms with Crippen LogP contribution in [0.1, 0.15) is 10.5 Å². The molecule has 0 spiro atoms. The van der Waals surface area contributed by atoms with Crippen molar-refractivity contribution in [1.82, 2.24) is 9.78 Å². The summed E-state index contributed by atoms with van der Waals surface area (Å²) in [5.74, 6) is -0.688. The van der Waals surface area contributed by atoms with E-state index in [4.69, 9.17) is 9.47 Å². The minimum absolute atomic E-state index is 0.00986. The smallest absolute Gasteiger partial charge is 0.387 e. The highest BCUT2D eigenvalue weighted by Crippen LogP contribution is 2.27. The van der Waals surface area contributed by atoms with Gasteiger partial charge in [0, 0.05) is 12.3 Å². The number of ether oxygens (including phenoxy) is 3. The van der Waals surface area contributed by atoms with Crippen molar-refractivity contribution in [3.8, 4) is 17.2 Å². The first-order valence-corrected chi connectivity index (χ1v) is 8.30. The third-order valence-electron chi connectivity index (χ3n) is 3.70. The second-order valence-corrected chi connectivity index (χ2v) is 5.66. The maximum absolute atomic E-state index is 13.3. The first-order valence-electron chi connectivity index (χ1n) is 8.30. The Morgan fingerprint density at radius 1 is 1.14 bits per heavy atom. The molecule has 0 atom stereocenters. The Morgan fingerprint density at radius 3 is 2.55 bits per heavy atom. The van der Waals surface area contributed by atoms with Gasteiger partial charge in [0.05, 0.1) is 12.8 Å². The van der Waals surface area contributed by atoms with Gasteiger partial charge in [0.25, 0.3) is 5.91 Å². The van der Waals surface area contributed by atoms with E-state index < -0.39 is 24.1 Å². The summed E-state index contributed by atoms with van der Waals surface area (Å²) in [5.41, 5.74) is -0.101. The lowest BCUT2D eigenvalue weighted by Crippen LogP contribution is -2.15. The van der Waals surface area contributed by atoms with Gasteiger partial charge in [-0.05, 0) is 42.5 Å². The topological polar surface area (TPSA) is 74.6 Å². The monoisotopic (exact) mass is 407 g/mol. The Balaban J connectivity index is 1.63. The zero-order chi connectivity index (χ0) is 20.8. The first-order chi connectivity index (χ1) is 13.9. The van der Waals surface area contributed by atoms with Gasteiger partial charge < -0.3 is 19.5 Å². The molecule has 3 rings (SSSR count). The number of carbonyl (C=O) groups excluding carboxylic acids is 1. The minimum atomic E-state index is -3.17. The molecule has 0 saturated heterocycles. The zero-order valence-electron chi connectivity index (χ0n) is 15.1. The molecule has 0 aliphatic carbocycles. The Bertz CT molecular complexity index is 977. The summed E-state index contributed by atoms with van der Waals surface area (Å²) in [7, 11) is 1.56. The highest BCUT2D eigenvalue weighted by molar-refractivity contribution is 6.03. The molecule has 2 aromatic carbocycles. The molecule has 1 aromatic heterocycles. The molecular weight excluding hydrogens is 391 g/mol. The highest BCUT2D eigenvalue weighted by atomic mass is 19.3. The fourth-order valence-electron chi connectivity index (χ4n) is 2.35. The van der Waals surface area contributed by atoms with Crippen LogP contribution in [0, 0.1) is 5.82 Å². The fourth-order valence-corrected chi connectivity index (χ4v) is 2.35. The molecule has 0 aliphatic rings. The van der Waals surface area contributed by atoms with Gasteiger partial charge in [0.15, 0.2) is 18.2 Å². The van der Waals surface area contributed by atoms with Crippen LogP contribution in [0.15, 0.2) is 54.7 Å². The van der Waals surface area contributed by atoms with Crippen molar-refractivity contribution in [3.63, 3.8) is 0 Å². The number of benzene rings is 2. The molecule has 0 saturated carbocycles. The molecule has 1 heterocycles. The third kappa shape index (κ3) is 5.41. The van der Waals surface area contributed by atoms with Crippen LogP contribution >= 0.6 is 0 Å². The number of alkyl halides is 2. The number of anilines is 1. The summed E-state index contributed by atoms with van der Waals surface area (Å²) in [6.07, 6.45) is 1.51. The van der Waals surface area contributed by atoms with Gasteiger partial charge >= 0.3 is 6.61 Å². The molecule has 7 nitrogen and oxygen atoms in total. The number of hydrogen-bond donors (Lipinski definition) is 1. The first kappa shape index (κ1) is 20.1. The summed E-state index contributed by atoms with van der Waals surface area (Å²) >= 11 is 0. The van der Waals surface area contributed by atoms with Gasteiger partial charge in [-0.15, -0.1) is 0 Å². The van der Waals surface area contributed by atoms with Crippen molar-refractivity contribution >= 4 is 11.6 Å². The van der Waals surface area contributed by atoms with Gasteiger partial charge in [-0.3, -0.25) is 4.79 Å². The number of methoxy groups -OCH3 is 1. The van der Waals surface area contributed by atoms with Gasteiger partial charge in [-0.1, -0.05) is 0 Å². The van der Waals surface area contributed by atoms with Crippen molar-refractivity contribution < 1.29 is 32.2 Å². The highest BCUT2D eigenvalue weighted by Gasteiger charge is 2.16. The van der Waals surface area contributed by atoms with Crippen LogP contribution in [-0.4, -0.2) is 29.4 Å². The normalized spacial score (nSPS) is 10.7. The molecule has 1 N–H and O–H groups in total. The predicted molar refractivity (Wildman–Crippen MR) is 96.8 cm³/mol. The number of halogens is 3. The van der Waals surface area contributed by atoms with Crippen LogP contribution in [0.5, 0.6) is 17.2 Å². The van der Waals surface area contributed by atoms with E-state index in [2.05, 4.69) is 15.2 Å². The average Bonchev–Trinajstić information content (AvgIpc) is 3.17. The predicted octanol–water partition coefficient (Wildman–Crippen LogP) is 3.92. The van der Waals surface area contributed by atoms with Gasteiger partial charge in [-0.2, -0.15) is 13.9 Å². The molecule has 0 fully saturated rings. The van der Waals surface area contributed by atoms with E-state index in [9.17, 15) is 18.0 Å². The molecule has 152 valence electrons. The Labute approximate surface area is 163 Å². The van der Waals surface area contributed by atoms with Crippen LogP contribution in [0.4, 0.5) is 18.9 Å². The number of hydrogen-bond acceptors (Lipinski definition) is 5. The van der Waals surface area contributed by atoms with Gasteiger partial charge in [-0.25, -0.2) is 9.07 Å². The summed E-state index contributed by atoms with van der Waals surface area (Å²) in [4.78, 5) is 12.3. The molecule has 0 bridgehead atoms. The summed E-state index contributed by atoms with van der Waals surface area (Å²) in [6.45, 7) is -3.13. The zero-order valence-corrected chi connectivity index (χ0v) is 15.1. The summed E-state index contributed by atoms with van der Waals surface area (Å²) < 4.78 is 54.4. The van der Waals surface area contributed by atoms with Gasteiger partial charge in [0.2, 0.25) is 0 Å². The quantitative estimate of drug-likeness (QED) is 0.613. The largest absolute Gasteiger partial charge is 0.497 e. The van der Waals surface area contributed by atoms with Crippen molar-refractivity contribution in [3.05, 3.63) is 66.2 Å². The van der Waals surface area contributed by atoms with Crippen LogP contribution in [0.3, 0.4) is 0 Å². The standard InChI is InChI=1S/C19H16F3N3O4/c1-27-13-3-5-14(6-4-13)28-11-25-9-8-16(24-25)18(26)23-15-7-2-12(20)10-17(15)29-19(21)22/h2-10,19H,11H2,1H3,(H,23,26). The molecule has 29 heavy (non-hydrogen) atoms. The van der Waals surface area contributed by atoms with E-state index in [1.54, 1.807) is 31.4 Å². The SMILES string of the molecule is COc1ccc(OCn2ccc(C(=O)Nc3ccc(F)cc3OC(F)F)n2)cc1. The Kier molecular flexibility index (Phi) is 6.22. The van der Waals surface area contributed by atoms with E-state index in [1.807, 2.05) is 0 Å². The van der Waals surface area contributed by atoms with Crippen molar-refractivity contribution in [2.45, 2.75) is 13.3 Å². The second-order valence-electron chi connectivity index (χ2n) is 5.66. The van der Waals surface area contributed by atoms with E-state index in [1.165, 1.54) is 16.9 Å². The number of rotatable bonds is 8. The second kappa shape index (κ2) is 9.00. The van der Waals surface area contributed by atoms with Crippen molar-refractivity contribution in [2.75, 3.05) is 12.4 Å². The van der Waals surface area contributed by atoms with E-state index in [0.717, 1.165) is 18.2 Å². The van der Waals surface area contributed by atoms with Crippen molar-refractivity contribution in [1.29, 1.82) is 0 Å². The lowest BCUT2D eigenvalue weighted by atomic mass is 10.2. The lowest BCUT2D eigenvalue weighted by molar-refractivity contribution is -0.0495. The minimum Gasteiger partial charge on any atom is -0.497 e. The number of nitrogens with one attached hydrogen (secondary N) is 1. The summed E-state index contributed by atoms with van der Waals surface area (Å²) in [6, 6.07) is 11.2. The lowest BCUT2D eigenvalue weighted by Gasteiger charge is -2.11. The van der Waals surface area contributed by atoms with E-state index in [-0.39, 0.29) is 18.1 Å². The number of carbonyl (C=O) groups is 1. The van der Waals surface area contributed by atoms with E-state index >= 15 is 0 Å². The van der Waals surface area contributed by atoms with Crippen molar-refractivity contribution in [2.24, 2.45) is 0 Å². The molecule has 3 aromatic rings. The number of nitrogens with zero attached hydrogens (tertiary/aromatic N) is 2. The number of amides is 1. The number of aromatic nitrogens is 2. The Hall–Kier alpha value is -3.69. The van der Waals surface area contributed by atoms with E-state index in [0.29, 0.717) is 11.5 Å². The third-order valence-corrected chi connectivity index (χ3v) is 3.70. The maximum Gasteiger partial charge on any atom is 0.387 e. The molecule has 0 radical (unpaired) electrons.